The molecule has 0 aromatic carbocycles. The highest BCUT2D eigenvalue weighted by Crippen LogP contribution is 1.88. The van der Waals surface area contributed by atoms with Gasteiger partial charge in [0, 0.05) is 12.4 Å². The van der Waals surface area contributed by atoms with Crippen LogP contribution in [0.15, 0.2) is 36.0 Å². The van der Waals surface area contributed by atoms with Crippen molar-refractivity contribution in [3.8, 4) is 0 Å². The van der Waals surface area contributed by atoms with Crippen LogP contribution in [0.25, 0.3) is 0 Å². The molecule has 0 aliphatic rings. The van der Waals surface area contributed by atoms with Crippen LogP contribution in [0.2, 0.25) is 0 Å². The van der Waals surface area contributed by atoms with Crippen molar-refractivity contribution in [2.24, 2.45) is 4.99 Å². The Morgan fingerprint density at radius 2 is 2.60 bits per heavy atom. The topological polar surface area (TPSA) is 28.1 Å². The smallest absolute Gasteiger partial charge is 0.0568 e. The minimum absolute atomic E-state index is 0.680. The van der Waals surface area contributed by atoms with Crippen LogP contribution < -0.4 is 0 Å². The second-order valence-electron chi connectivity index (χ2n) is 1.91. The molecule has 0 spiro atoms. The van der Waals surface area contributed by atoms with Gasteiger partial charge in [0.1, 0.15) is 0 Å². The summed E-state index contributed by atoms with van der Waals surface area (Å²) in [6, 6.07) is 3.90. The van der Waals surface area contributed by atoms with Crippen LogP contribution in [0.1, 0.15) is 5.69 Å². The number of rotatable bonds is 3. The molecule has 1 aromatic heterocycles. The van der Waals surface area contributed by atoms with E-state index in [2.05, 4.69) is 16.6 Å². The number of hydrogen-bond acceptors (Lipinski definition) is 1. The molecule has 0 aliphatic heterocycles. The van der Waals surface area contributed by atoms with Gasteiger partial charge in [0.2, 0.25) is 0 Å². The highest BCUT2D eigenvalue weighted by Gasteiger charge is 1.81. The highest BCUT2D eigenvalue weighted by molar-refractivity contribution is 5.76. The molecule has 0 aliphatic carbocycles. The van der Waals surface area contributed by atoms with E-state index in [1.807, 2.05) is 18.3 Å². The maximum Gasteiger partial charge on any atom is 0.0568 e. The van der Waals surface area contributed by atoms with Crippen molar-refractivity contribution in [3.63, 3.8) is 0 Å². The number of aromatic amines is 1. The SMILES string of the molecule is C=CC/N=C/c1ccc[nH]1. The Morgan fingerprint density at radius 1 is 1.70 bits per heavy atom. The van der Waals surface area contributed by atoms with Gasteiger partial charge >= 0.3 is 0 Å². The summed E-state index contributed by atoms with van der Waals surface area (Å²) < 4.78 is 0. The molecule has 1 N–H and O–H groups in total. The van der Waals surface area contributed by atoms with E-state index in [9.17, 15) is 0 Å². The fraction of sp³-hybridized carbons (Fsp3) is 0.125. The Labute approximate surface area is 60.3 Å². The van der Waals surface area contributed by atoms with Gasteiger partial charge in [0.25, 0.3) is 0 Å². The molecule has 0 saturated carbocycles. The second-order valence-corrected chi connectivity index (χ2v) is 1.91. The molecule has 0 radical (unpaired) electrons. The van der Waals surface area contributed by atoms with Gasteiger partial charge in [0.15, 0.2) is 0 Å². The first kappa shape index (κ1) is 6.81. The summed E-state index contributed by atoms with van der Waals surface area (Å²) in [4.78, 5) is 7.07. The lowest BCUT2D eigenvalue weighted by molar-refractivity contribution is 1.25. The molecule has 1 rings (SSSR count). The molecule has 0 atom stereocenters. The third kappa shape index (κ3) is 1.90. The summed E-state index contributed by atoms with van der Waals surface area (Å²) in [5.41, 5.74) is 1.03. The molecule has 1 aromatic rings. The van der Waals surface area contributed by atoms with Gasteiger partial charge in [-0.1, -0.05) is 6.08 Å². The van der Waals surface area contributed by atoms with Crippen LogP contribution in [0.5, 0.6) is 0 Å². The standard InChI is InChI=1S/C8H10N2/c1-2-5-9-7-8-4-3-6-10-8/h2-4,6-7,10H,1,5H2/b9-7+. The fourth-order valence-corrected chi connectivity index (χ4v) is 0.650. The van der Waals surface area contributed by atoms with Gasteiger partial charge in [-0.25, -0.2) is 0 Å². The molecular formula is C8H10N2. The zero-order valence-electron chi connectivity index (χ0n) is 5.75. The monoisotopic (exact) mass is 134 g/mol. The molecule has 0 amide bonds. The van der Waals surface area contributed by atoms with Crippen LogP contribution in [-0.2, 0) is 0 Å². The van der Waals surface area contributed by atoms with Gasteiger partial charge in [0.05, 0.1) is 12.2 Å². The van der Waals surface area contributed by atoms with Crippen molar-refractivity contribution in [1.82, 2.24) is 4.98 Å². The second kappa shape index (κ2) is 3.67. The first-order valence-corrected chi connectivity index (χ1v) is 3.17. The predicted molar refractivity (Wildman–Crippen MR) is 43.5 cm³/mol. The first-order chi connectivity index (χ1) is 4.93. The number of nitrogens with one attached hydrogen (secondary N) is 1. The summed E-state index contributed by atoms with van der Waals surface area (Å²) in [6.45, 7) is 4.24. The van der Waals surface area contributed by atoms with Crippen LogP contribution in [0.4, 0.5) is 0 Å². The molecule has 52 valence electrons. The summed E-state index contributed by atoms with van der Waals surface area (Å²) in [7, 11) is 0. The third-order valence-electron chi connectivity index (χ3n) is 1.09. The minimum atomic E-state index is 0.680. The molecule has 0 fully saturated rings. The Bertz CT molecular complexity index is 209. The van der Waals surface area contributed by atoms with Crippen molar-refractivity contribution >= 4 is 6.21 Å². The Morgan fingerprint density at radius 3 is 3.20 bits per heavy atom. The van der Waals surface area contributed by atoms with Crippen molar-refractivity contribution in [2.75, 3.05) is 6.54 Å². The van der Waals surface area contributed by atoms with Crippen LogP contribution in [0, 0.1) is 0 Å². The Kier molecular flexibility index (Phi) is 2.49. The maximum atomic E-state index is 4.06. The number of nitrogens with zero attached hydrogens (tertiary/aromatic N) is 1. The number of H-pyrrole nitrogens is 1. The lowest BCUT2D eigenvalue weighted by atomic mass is 10.5. The van der Waals surface area contributed by atoms with E-state index in [0.29, 0.717) is 6.54 Å². The van der Waals surface area contributed by atoms with Gasteiger partial charge in [-0.2, -0.15) is 0 Å². The average molecular weight is 134 g/mol. The summed E-state index contributed by atoms with van der Waals surface area (Å²) in [5.74, 6) is 0. The normalized spacial score (nSPS) is 10.4. The zero-order chi connectivity index (χ0) is 7.23. The van der Waals surface area contributed by atoms with Gasteiger partial charge in [-0.15, -0.1) is 6.58 Å². The van der Waals surface area contributed by atoms with Crippen LogP contribution in [-0.4, -0.2) is 17.7 Å². The van der Waals surface area contributed by atoms with Crippen molar-refractivity contribution in [1.29, 1.82) is 0 Å². The summed E-state index contributed by atoms with van der Waals surface area (Å²) >= 11 is 0. The number of hydrogen-bond donors (Lipinski definition) is 1. The quantitative estimate of drug-likeness (QED) is 0.480. The Hall–Kier alpha value is -1.31. The van der Waals surface area contributed by atoms with E-state index in [0.717, 1.165) is 5.69 Å². The van der Waals surface area contributed by atoms with E-state index in [-0.39, 0.29) is 0 Å². The lowest BCUT2D eigenvalue weighted by Crippen LogP contribution is -1.79. The van der Waals surface area contributed by atoms with Gasteiger partial charge in [-0.3, -0.25) is 4.99 Å². The number of aromatic nitrogens is 1. The fourth-order valence-electron chi connectivity index (χ4n) is 0.650. The van der Waals surface area contributed by atoms with E-state index in [1.54, 1.807) is 12.3 Å². The predicted octanol–water partition coefficient (Wildman–Crippen LogP) is 1.62. The molecule has 2 nitrogen and oxygen atoms in total. The van der Waals surface area contributed by atoms with Crippen LogP contribution in [0.3, 0.4) is 0 Å². The van der Waals surface area contributed by atoms with E-state index in [4.69, 9.17) is 0 Å². The van der Waals surface area contributed by atoms with Gasteiger partial charge in [-0.05, 0) is 12.1 Å². The summed E-state index contributed by atoms with van der Waals surface area (Å²) in [5, 5.41) is 0. The van der Waals surface area contributed by atoms with E-state index in [1.165, 1.54) is 0 Å². The Balaban J connectivity index is 2.47. The van der Waals surface area contributed by atoms with E-state index < -0.39 is 0 Å². The highest BCUT2D eigenvalue weighted by atomic mass is 14.7. The maximum absolute atomic E-state index is 4.06. The van der Waals surface area contributed by atoms with Crippen molar-refractivity contribution in [3.05, 3.63) is 36.7 Å². The molecule has 0 unspecified atom stereocenters. The average Bonchev–Trinajstić information content (AvgIpc) is 2.41. The zero-order valence-corrected chi connectivity index (χ0v) is 5.75. The number of aliphatic imine (C=N–C) groups is 1. The van der Waals surface area contributed by atoms with Crippen molar-refractivity contribution in [2.45, 2.75) is 0 Å². The largest absolute Gasteiger partial charge is 0.360 e. The molecular weight excluding hydrogens is 124 g/mol. The molecule has 1 heterocycles. The molecule has 0 bridgehead atoms. The first-order valence-electron chi connectivity index (χ1n) is 3.17. The van der Waals surface area contributed by atoms with E-state index >= 15 is 0 Å². The van der Waals surface area contributed by atoms with Gasteiger partial charge < -0.3 is 4.98 Å². The minimum Gasteiger partial charge on any atom is -0.360 e. The molecule has 2 heteroatoms. The molecule has 10 heavy (non-hydrogen) atoms. The summed E-state index contributed by atoms with van der Waals surface area (Å²) in [6.07, 6.45) is 5.43. The third-order valence-corrected chi connectivity index (χ3v) is 1.09. The lowest BCUT2D eigenvalue weighted by Gasteiger charge is -1.82. The van der Waals surface area contributed by atoms with Crippen LogP contribution >= 0.6 is 0 Å². The molecule has 0 saturated heterocycles. The van der Waals surface area contributed by atoms with Crippen molar-refractivity contribution < 1.29 is 0 Å².